The summed E-state index contributed by atoms with van der Waals surface area (Å²) < 4.78 is 26.9. The maximum atomic E-state index is 13.3. The molecule has 1 N–H and O–H groups in total. The number of allylic oxidation sites excluding steroid dienone is 1. The van der Waals surface area contributed by atoms with E-state index in [1.54, 1.807) is 6.07 Å². The van der Waals surface area contributed by atoms with Gasteiger partial charge in [0.15, 0.2) is 0 Å². The molecule has 0 saturated heterocycles. The quantitative estimate of drug-likeness (QED) is 0.853. The van der Waals surface area contributed by atoms with Crippen molar-refractivity contribution >= 4 is 27.3 Å². The molecule has 20 heavy (non-hydrogen) atoms. The van der Waals surface area contributed by atoms with Crippen molar-refractivity contribution < 1.29 is 18.7 Å². The van der Waals surface area contributed by atoms with Crippen molar-refractivity contribution in [2.75, 3.05) is 0 Å². The molecule has 2 aromatic carbocycles. The summed E-state index contributed by atoms with van der Waals surface area (Å²) in [7, 11) is 0. The van der Waals surface area contributed by atoms with Crippen LogP contribution < -0.4 is 0 Å². The predicted molar refractivity (Wildman–Crippen MR) is 73.7 cm³/mol. The Hall–Kier alpha value is -2.01. The van der Waals surface area contributed by atoms with Gasteiger partial charge in [0.25, 0.3) is 0 Å². The van der Waals surface area contributed by atoms with Gasteiger partial charge in [0.2, 0.25) is 5.78 Å². The molecule has 0 aliphatic heterocycles. The zero-order valence-corrected chi connectivity index (χ0v) is 11.5. The third-order valence-corrected chi connectivity index (χ3v) is 3.84. The maximum Gasteiger partial charge on any atom is 0.201 e. The Balaban J connectivity index is 2.26. The molecule has 0 atom stereocenters. The van der Waals surface area contributed by atoms with E-state index in [4.69, 9.17) is 0 Å². The minimum Gasteiger partial charge on any atom is -0.508 e. The molecule has 0 radical (unpaired) electrons. The number of hydrogen-bond donors (Lipinski definition) is 1. The van der Waals surface area contributed by atoms with E-state index >= 15 is 0 Å². The second-order valence-electron chi connectivity index (χ2n) is 4.41. The number of aromatic hydroxyl groups is 1. The summed E-state index contributed by atoms with van der Waals surface area (Å²) in [6, 6.07) is 7.40. The number of carbonyl (C=O) groups excluding carboxylic acids is 1. The van der Waals surface area contributed by atoms with Gasteiger partial charge in [-0.05, 0) is 57.4 Å². The molecule has 0 aromatic heterocycles. The number of ketones is 1. The summed E-state index contributed by atoms with van der Waals surface area (Å²) in [5.74, 6) is -1.79. The fraction of sp³-hybridized carbons (Fsp3) is 0. The number of rotatable bonds is 1. The highest BCUT2D eigenvalue weighted by Crippen LogP contribution is 2.41. The Bertz CT molecular complexity index is 761. The van der Waals surface area contributed by atoms with Crippen LogP contribution in [0.5, 0.6) is 5.75 Å². The normalized spacial score (nSPS) is 13.8. The number of hydrogen-bond acceptors (Lipinski definition) is 2. The third-order valence-electron chi connectivity index (χ3n) is 3.09. The lowest BCUT2D eigenvalue weighted by Crippen LogP contribution is -1.93. The Kier molecular flexibility index (Phi) is 2.94. The second-order valence-corrected chi connectivity index (χ2v) is 5.20. The topological polar surface area (TPSA) is 37.3 Å². The standard InChI is InChI=1S/C15H7BrF2O2/c16-14-13(7-3-8(17)5-9(18)4-7)11-2-1-10(19)6-12(11)15(14)20/h1-6,19H. The Morgan fingerprint density at radius 1 is 0.950 bits per heavy atom. The molecule has 100 valence electrons. The van der Waals surface area contributed by atoms with E-state index in [1.807, 2.05) is 0 Å². The van der Waals surface area contributed by atoms with Gasteiger partial charge in [-0.25, -0.2) is 8.78 Å². The molecule has 0 unspecified atom stereocenters. The molecule has 0 fully saturated rings. The minimum absolute atomic E-state index is 0.0379. The molecular formula is C15H7BrF2O2. The van der Waals surface area contributed by atoms with Crippen LogP contribution in [0.3, 0.4) is 0 Å². The first-order chi connectivity index (χ1) is 9.47. The average molecular weight is 337 g/mol. The summed E-state index contributed by atoms with van der Waals surface area (Å²) in [5, 5.41) is 9.44. The molecule has 2 aromatic rings. The van der Waals surface area contributed by atoms with E-state index in [2.05, 4.69) is 15.9 Å². The van der Waals surface area contributed by atoms with E-state index in [0.717, 1.165) is 18.2 Å². The first-order valence-corrected chi connectivity index (χ1v) is 6.51. The van der Waals surface area contributed by atoms with Crippen molar-refractivity contribution in [3.05, 3.63) is 69.2 Å². The first kappa shape index (κ1) is 13.0. The second kappa shape index (κ2) is 4.52. The van der Waals surface area contributed by atoms with Gasteiger partial charge < -0.3 is 5.11 Å². The zero-order chi connectivity index (χ0) is 14.4. The van der Waals surface area contributed by atoms with E-state index in [0.29, 0.717) is 16.7 Å². The molecule has 0 saturated carbocycles. The van der Waals surface area contributed by atoms with Gasteiger partial charge in [-0.15, -0.1) is 0 Å². The fourth-order valence-corrected chi connectivity index (χ4v) is 2.92. The molecule has 1 aliphatic rings. The van der Waals surface area contributed by atoms with Crippen LogP contribution in [0.25, 0.3) is 5.57 Å². The number of halogens is 3. The molecule has 0 spiro atoms. The van der Waals surface area contributed by atoms with E-state index in [1.165, 1.54) is 12.1 Å². The molecule has 0 heterocycles. The van der Waals surface area contributed by atoms with Crippen LogP contribution in [0, 0.1) is 11.6 Å². The van der Waals surface area contributed by atoms with Crippen LogP contribution in [0.1, 0.15) is 21.5 Å². The first-order valence-electron chi connectivity index (χ1n) is 5.71. The van der Waals surface area contributed by atoms with Gasteiger partial charge in [0.1, 0.15) is 17.4 Å². The highest BCUT2D eigenvalue weighted by Gasteiger charge is 2.29. The maximum absolute atomic E-state index is 13.3. The lowest BCUT2D eigenvalue weighted by molar-refractivity contribution is 0.104. The van der Waals surface area contributed by atoms with Crippen LogP contribution in [-0.2, 0) is 0 Å². The van der Waals surface area contributed by atoms with Crippen molar-refractivity contribution in [2.45, 2.75) is 0 Å². The van der Waals surface area contributed by atoms with Crippen molar-refractivity contribution in [3.63, 3.8) is 0 Å². The highest BCUT2D eigenvalue weighted by molar-refractivity contribution is 9.12. The van der Waals surface area contributed by atoms with Gasteiger partial charge in [-0.3, -0.25) is 4.79 Å². The van der Waals surface area contributed by atoms with E-state index in [-0.39, 0.29) is 21.6 Å². The number of fused-ring (bicyclic) bond motifs is 1. The molecule has 3 rings (SSSR count). The predicted octanol–water partition coefficient (Wildman–Crippen LogP) is 4.02. The monoisotopic (exact) mass is 336 g/mol. The molecule has 0 amide bonds. The zero-order valence-electron chi connectivity index (χ0n) is 9.95. The number of carbonyl (C=O) groups is 1. The largest absolute Gasteiger partial charge is 0.508 e. The Labute approximate surface area is 121 Å². The van der Waals surface area contributed by atoms with Crippen molar-refractivity contribution in [3.8, 4) is 5.75 Å². The van der Waals surface area contributed by atoms with Gasteiger partial charge in [-0.1, -0.05) is 0 Å². The lowest BCUT2D eigenvalue weighted by atomic mass is 9.99. The summed E-state index contributed by atoms with van der Waals surface area (Å²) in [4.78, 5) is 12.1. The highest BCUT2D eigenvalue weighted by atomic mass is 79.9. The van der Waals surface area contributed by atoms with Gasteiger partial charge in [0.05, 0.1) is 4.48 Å². The molecule has 0 bridgehead atoms. The molecule has 1 aliphatic carbocycles. The molecule has 5 heteroatoms. The van der Waals surface area contributed by atoms with Crippen LogP contribution >= 0.6 is 15.9 Å². The SMILES string of the molecule is O=C1C(Br)=C(c2cc(F)cc(F)c2)c2ccc(O)cc21. The van der Waals surface area contributed by atoms with Gasteiger partial charge >= 0.3 is 0 Å². The number of phenolic OH excluding ortho intramolecular Hbond substituents is 1. The van der Waals surface area contributed by atoms with Crippen LogP contribution in [-0.4, -0.2) is 10.9 Å². The Morgan fingerprint density at radius 2 is 1.60 bits per heavy atom. The number of benzene rings is 2. The summed E-state index contributed by atoms with van der Waals surface area (Å²) in [5.41, 5.74) is 1.52. The smallest absolute Gasteiger partial charge is 0.201 e. The average Bonchev–Trinajstić information content (AvgIpc) is 2.61. The lowest BCUT2D eigenvalue weighted by Gasteiger charge is -2.06. The van der Waals surface area contributed by atoms with Crippen molar-refractivity contribution in [2.24, 2.45) is 0 Å². The minimum atomic E-state index is -0.715. The van der Waals surface area contributed by atoms with Crippen LogP contribution in [0.4, 0.5) is 8.78 Å². The molecule has 2 nitrogen and oxygen atoms in total. The number of Topliss-reactive ketones (excluding diaryl/α,β-unsaturated/α-hetero) is 1. The van der Waals surface area contributed by atoms with E-state index in [9.17, 15) is 18.7 Å². The number of phenols is 1. The summed E-state index contributed by atoms with van der Waals surface area (Å²) in [6.07, 6.45) is 0. The van der Waals surface area contributed by atoms with Crippen molar-refractivity contribution in [1.29, 1.82) is 0 Å². The summed E-state index contributed by atoms with van der Waals surface area (Å²) >= 11 is 3.16. The fourth-order valence-electron chi connectivity index (χ4n) is 2.27. The summed E-state index contributed by atoms with van der Waals surface area (Å²) in [6.45, 7) is 0. The third kappa shape index (κ3) is 1.94. The molecular weight excluding hydrogens is 330 g/mol. The Morgan fingerprint density at radius 3 is 2.25 bits per heavy atom. The van der Waals surface area contributed by atoms with Gasteiger partial charge in [-0.2, -0.15) is 0 Å². The van der Waals surface area contributed by atoms with Crippen LogP contribution in [0.2, 0.25) is 0 Å². The van der Waals surface area contributed by atoms with Crippen molar-refractivity contribution in [1.82, 2.24) is 0 Å². The van der Waals surface area contributed by atoms with Gasteiger partial charge in [0, 0.05) is 17.2 Å². The van der Waals surface area contributed by atoms with Crippen LogP contribution in [0.15, 0.2) is 40.9 Å². The van der Waals surface area contributed by atoms with E-state index < -0.39 is 11.6 Å².